The van der Waals surface area contributed by atoms with Gasteiger partial charge in [0, 0.05) is 10.5 Å². The lowest BCUT2D eigenvalue weighted by Gasteiger charge is -2.24. The number of rotatable bonds is 7. The second kappa shape index (κ2) is 8.00. The highest BCUT2D eigenvalue weighted by Crippen LogP contribution is 2.26. The molecular formula is C14H20BrF3N2. The van der Waals surface area contributed by atoms with Crippen LogP contribution in [0.25, 0.3) is 0 Å². The van der Waals surface area contributed by atoms with Gasteiger partial charge in [-0.05, 0) is 38.2 Å². The van der Waals surface area contributed by atoms with Crippen LogP contribution in [0.1, 0.15) is 24.9 Å². The first-order valence-electron chi connectivity index (χ1n) is 6.56. The average Bonchev–Trinajstić information content (AvgIpc) is 2.33. The minimum Gasteiger partial charge on any atom is -0.310 e. The van der Waals surface area contributed by atoms with Gasteiger partial charge in [0.2, 0.25) is 0 Å². The van der Waals surface area contributed by atoms with E-state index >= 15 is 0 Å². The minimum absolute atomic E-state index is 0.0475. The molecular weight excluding hydrogens is 333 g/mol. The number of hydrogen-bond acceptors (Lipinski definition) is 2. The molecule has 0 fully saturated rings. The molecule has 0 bridgehead atoms. The molecule has 0 heterocycles. The van der Waals surface area contributed by atoms with Gasteiger partial charge in [-0.1, -0.05) is 41.1 Å². The summed E-state index contributed by atoms with van der Waals surface area (Å²) in [6, 6.07) is 7.84. The van der Waals surface area contributed by atoms with Crippen molar-refractivity contribution >= 4 is 15.9 Å². The quantitative estimate of drug-likeness (QED) is 0.798. The molecule has 0 aromatic heterocycles. The van der Waals surface area contributed by atoms with Gasteiger partial charge in [0.05, 0.1) is 6.54 Å². The third kappa shape index (κ3) is 6.24. The van der Waals surface area contributed by atoms with Gasteiger partial charge >= 0.3 is 6.18 Å². The monoisotopic (exact) mass is 352 g/mol. The summed E-state index contributed by atoms with van der Waals surface area (Å²) >= 11 is 3.49. The molecule has 0 amide bonds. The molecule has 0 aliphatic heterocycles. The van der Waals surface area contributed by atoms with Crippen molar-refractivity contribution < 1.29 is 13.2 Å². The second-order valence-electron chi connectivity index (χ2n) is 4.77. The Hall–Kier alpha value is -0.590. The Morgan fingerprint density at radius 1 is 1.30 bits per heavy atom. The van der Waals surface area contributed by atoms with Gasteiger partial charge < -0.3 is 5.32 Å². The van der Waals surface area contributed by atoms with Gasteiger partial charge in [-0.25, -0.2) is 0 Å². The molecule has 0 radical (unpaired) electrons. The van der Waals surface area contributed by atoms with Gasteiger partial charge in [-0.15, -0.1) is 0 Å². The van der Waals surface area contributed by atoms with Crippen LogP contribution in [0.4, 0.5) is 13.2 Å². The van der Waals surface area contributed by atoms with Gasteiger partial charge in [0.15, 0.2) is 0 Å². The Morgan fingerprint density at radius 2 is 1.95 bits per heavy atom. The van der Waals surface area contributed by atoms with Crippen LogP contribution in [-0.2, 0) is 0 Å². The zero-order valence-corrected chi connectivity index (χ0v) is 13.3. The molecule has 0 aliphatic carbocycles. The molecule has 1 rings (SSSR count). The summed E-state index contributed by atoms with van der Waals surface area (Å²) in [4.78, 5) is 1.31. The Kier molecular flexibility index (Phi) is 6.99. The zero-order valence-electron chi connectivity index (χ0n) is 11.7. The SMILES string of the molecule is CCNC(CCN(C)CC(F)(F)F)c1ccccc1Br. The van der Waals surface area contributed by atoms with Crippen molar-refractivity contribution in [1.29, 1.82) is 0 Å². The van der Waals surface area contributed by atoms with E-state index in [1.54, 1.807) is 0 Å². The summed E-state index contributed by atoms with van der Waals surface area (Å²) in [5, 5.41) is 3.32. The van der Waals surface area contributed by atoms with E-state index in [0.29, 0.717) is 13.0 Å². The van der Waals surface area contributed by atoms with Crippen molar-refractivity contribution in [2.75, 3.05) is 26.7 Å². The number of benzene rings is 1. The highest BCUT2D eigenvalue weighted by molar-refractivity contribution is 9.10. The highest BCUT2D eigenvalue weighted by atomic mass is 79.9. The molecule has 0 saturated carbocycles. The summed E-state index contributed by atoms with van der Waals surface area (Å²) in [5.41, 5.74) is 1.08. The van der Waals surface area contributed by atoms with E-state index in [-0.39, 0.29) is 6.04 Å². The number of hydrogen-bond donors (Lipinski definition) is 1. The molecule has 1 unspecified atom stereocenters. The molecule has 20 heavy (non-hydrogen) atoms. The summed E-state index contributed by atoms with van der Waals surface area (Å²) < 4.78 is 37.9. The first-order valence-corrected chi connectivity index (χ1v) is 7.36. The molecule has 1 aromatic carbocycles. The van der Waals surface area contributed by atoms with E-state index in [2.05, 4.69) is 21.2 Å². The predicted molar refractivity (Wildman–Crippen MR) is 78.7 cm³/mol. The molecule has 114 valence electrons. The molecule has 1 N–H and O–H groups in total. The van der Waals surface area contributed by atoms with Crippen molar-refractivity contribution in [3.8, 4) is 0 Å². The summed E-state index contributed by atoms with van der Waals surface area (Å²) in [5.74, 6) is 0. The smallest absolute Gasteiger partial charge is 0.310 e. The summed E-state index contributed by atoms with van der Waals surface area (Å²) in [6.45, 7) is 2.28. The average molecular weight is 353 g/mol. The normalized spacial score (nSPS) is 13.8. The van der Waals surface area contributed by atoms with E-state index < -0.39 is 12.7 Å². The van der Waals surface area contributed by atoms with Gasteiger partial charge in [0.25, 0.3) is 0 Å². The van der Waals surface area contributed by atoms with Gasteiger partial charge in [0.1, 0.15) is 0 Å². The number of alkyl halides is 3. The zero-order chi connectivity index (χ0) is 15.2. The first kappa shape index (κ1) is 17.5. The van der Waals surface area contributed by atoms with Gasteiger partial charge in [-0.3, -0.25) is 4.90 Å². The minimum atomic E-state index is -4.14. The maximum absolute atomic E-state index is 12.3. The van der Waals surface area contributed by atoms with Crippen LogP contribution in [0, 0.1) is 0 Å². The predicted octanol–water partition coefficient (Wildman–Crippen LogP) is 3.98. The third-order valence-corrected chi connectivity index (χ3v) is 3.70. The van der Waals surface area contributed by atoms with E-state index in [9.17, 15) is 13.2 Å². The van der Waals surface area contributed by atoms with Crippen LogP contribution in [0.15, 0.2) is 28.7 Å². The fourth-order valence-corrected chi connectivity index (χ4v) is 2.67. The van der Waals surface area contributed by atoms with Crippen molar-refractivity contribution in [3.63, 3.8) is 0 Å². The highest BCUT2D eigenvalue weighted by Gasteiger charge is 2.29. The second-order valence-corrected chi connectivity index (χ2v) is 5.63. The van der Waals surface area contributed by atoms with Crippen LogP contribution in [0.3, 0.4) is 0 Å². The standard InChI is InChI=1S/C14H20BrF3N2/c1-3-19-13(11-6-4-5-7-12(11)15)8-9-20(2)10-14(16,17)18/h4-7,13,19H,3,8-10H2,1-2H3. The van der Waals surface area contributed by atoms with Crippen LogP contribution < -0.4 is 5.32 Å². The van der Waals surface area contributed by atoms with Crippen LogP contribution in [-0.4, -0.2) is 37.8 Å². The fraction of sp³-hybridized carbons (Fsp3) is 0.571. The van der Waals surface area contributed by atoms with E-state index in [0.717, 1.165) is 16.6 Å². The molecule has 2 nitrogen and oxygen atoms in total. The lowest BCUT2D eigenvalue weighted by atomic mass is 10.0. The fourth-order valence-electron chi connectivity index (χ4n) is 2.11. The van der Waals surface area contributed by atoms with Crippen molar-refractivity contribution in [2.45, 2.75) is 25.6 Å². The number of nitrogens with one attached hydrogen (secondary N) is 1. The van der Waals surface area contributed by atoms with Crippen LogP contribution in [0.5, 0.6) is 0 Å². The van der Waals surface area contributed by atoms with Crippen molar-refractivity contribution in [2.24, 2.45) is 0 Å². The Balaban J connectivity index is 2.62. The lowest BCUT2D eigenvalue weighted by Crippen LogP contribution is -2.34. The van der Waals surface area contributed by atoms with Crippen LogP contribution in [0.2, 0.25) is 0 Å². The topological polar surface area (TPSA) is 15.3 Å². The third-order valence-electron chi connectivity index (χ3n) is 2.98. The van der Waals surface area contributed by atoms with Crippen molar-refractivity contribution in [3.05, 3.63) is 34.3 Å². The summed E-state index contributed by atoms with van der Waals surface area (Å²) in [7, 11) is 1.50. The molecule has 0 aliphatic rings. The number of nitrogens with zero attached hydrogens (tertiary/aromatic N) is 1. The van der Waals surface area contributed by atoms with Crippen molar-refractivity contribution in [1.82, 2.24) is 10.2 Å². The number of halogens is 4. The molecule has 1 aromatic rings. The van der Waals surface area contributed by atoms with E-state index in [1.807, 2.05) is 31.2 Å². The molecule has 1 atom stereocenters. The van der Waals surface area contributed by atoms with E-state index in [4.69, 9.17) is 0 Å². The first-order chi connectivity index (χ1) is 9.33. The van der Waals surface area contributed by atoms with Crippen LogP contribution >= 0.6 is 15.9 Å². The Labute approximate surface area is 126 Å². The molecule has 6 heteroatoms. The van der Waals surface area contributed by atoms with E-state index in [1.165, 1.54) is 11.9 Å². The Morgan fingerprint density at radius 3 is 2.50 bits per heavy atom. The molecule has 0 spiro atoms. The molecule has 0 saturated heterocycles. The summed E-state index contributed by atoms with van der Waals surface area (Å²) in [6.07, 6.45) is -3.52. The Bertz CT molecular complexity index is 410. The maximum Gasteiger partial charge on any atom is 0.401 e. The maximum atomic E-state index is 12.3. The largest absolute Gasteiger partial charge is 0.401 e. The van der Waals surface area contributed by atoms with Gasteiger partial charge in [-0.2, -0.15) is 13.2 Å². The lowest BCUT2D eigenvalue weighted by molar-refractivity contribution is -0.143.